The number of nitrogens with zero attached hydrogens (tertiary/aromatic N) is 1. The minimum atomic E-state index is -3.60. The molecule has 0 aliphatic heterocycles. The lowest BCUT2D eigenvalue weighted by atomic mass is 10.1. The lowest BCUT2D eigenvalue weighted by molar-refractivity contribution is 0.601. The van der Waals surface area contributed by atoms with Crippen molar-refractivity contribution in [1.29, 1.82) is 0 Å². The van der Waals surface area contributed by atoms with Crippen molar-refractivity contribution in [2.24, 2.45) is 5.73 Å². The first-order valence-electron chi connectivity index (χ1n) is 5.36. The summed E-state index contributed by atoms with van der Waals surface area (Å²) in [5.74, 6) is 0. The SMILES string of the molecule is CC(N)c1cccc(NS(=O)(=O)c2cn[nH]c2)c1. The summed E-state index contributed by atoms with van der Waals surface area (Å²) >= 11 is 0. The van der Waals surface area contributed by atoms with E-state index in [4.69, 9.17) is 5.73 Å². The molecule has 1 aromatic carbocycles. The Morgan fingerprint density at radius 2 is 2.22 bits per heavy atom. The van der Waals surface area contributed by atoms with Gasteiger partial charge in [0.1, 0.15) is 4.90 Å². The van der Waals surface area contributed by atoms with Crippen LogP contribution in [0.25, 0.3) is 0 Å². The molecule has 0 radical (unpaired) electrons. The van der Waals surface area contributed by atoms with E-state index in [1.165, 1.54) is 12.4 Å². The van der Waals surface area contributed by atoms with Gasteiger partial charge in [-0.05, 0) is 24.6 Å². The highest BCUT2D eigenvalue weighted by molar-refractivity contribution is 7.92. The molecule has 96 valence electrons. The van der Waals surface area contributed by atoms with E-state index in [1.807, 2.05) is 13.0 Å². The highest BCUT2D eigenvalue weighted by atomic mass is 32.2. The molecule has 0 aliphatic rings. The van der Waals surface area contributed by atoms with Crippen LogP contribution in [0.1, 0.15) is 18.5 Å². The van der Waals surface area contributed by atoms with E-state index < -0.39 is 10.0 Å². The fraction of sp³-hybridized carbons (Fsp3) is 0.182. The van der Waals surface area contributed by atoms with Gasteiger partial charge in [0.25, 0.3) is 10.0 Å². The van der Waals surface area contributed by atoms with Gasteiger partial charge in [-0.25, -0.2) is 8.42 Å². The predicted octanol–water partition coefficient (Wildman–Crippen LogP) is 1.23. The molecular formula is C11H14N4O2S. The molecule has 0 aliphatic carbocycles. The second-order valence-corrected chi connectivity index (χ2v) is 5.64. The zero-order valence-electron chi connectivity index (χ0n) is 9.79. The first-order valence-corrected chi connectivity index (χ1v) is 6.84. The van der Waals surface area contributed by atoms with Crippen molar-refractivity contribution in [2.75, 3.05) is 4.72 Å². The van der Waals surface area contributed by atoms with Crippen LogP contribution in [0.5, 0.6) is 0 Å². The van der Waals surface area contributed by atoms with Crippen molar-refractivity contribution in [1.82, 2.24) is 10.2 Å². The van der Waals surface area contributed by atoms with Crippen LogP contribution >= 0.6 is 0 Å². The van der Waals surface area contributed by atoms with Crippen LogP contribution < -0.4 is 10.5 Å². The van der Waals surface area contributed by atoms with Crippen LogP contribution in [0, 0.1) is 0 Å². The molecule has 0 bridgehead atoms. The molecule has 1 aromatic heterocycles. The van der Waals surface area contributed by atoms with Gasteiger partial charge >= 0.3 is 0 Å². The minimum absolute atomic E-state index is 0.0914. The number of H-pyrrole nitrogens is 1. The maximum atomic E-state index is 11.9. The quantitative estimate of drug-likeness (QED) is 0.774. The van der Waals surface area contributed by atoms with Crippen LogP contribution in [-0.2, 0) is 10.0 Å². The second kappa shape index (κ2) is 4.79. The van der Waals surface area contributed by atoms with Gasteiger partial charge in [-0.1, -0.05) is 12.1 Å². The third kappa shape index (κ3) is 2.69. The van der Waals surface area contributed by atoms with E-state index in [9.17, 15) is 8.42 Å². The molecule has 0 spiro atoms. The number of nitrogens with two attached hydrogens (primary N) is 1. The van der Waals surface area contributed by atoms with Crippen LogP contribution in [0.2, 0.25) is 0 Å². The molecule has 0 fully saturated rings. The summed E-state index contributed by atoms with van der Waals surface area (Å²) in [4.78, 5) is 0.0914. The van der Waals surface area contributed by atoms with Gasteiger partial charge < -0.3 is 5.73 Å². The minimum Gasteiger partial charge on any atom is -0.324 e. The lowest BCUT2D eigenvalue weighted by Gasteiger charge is -2.10. The van der Waals surface area contributed by atoms with Gasteiger partial charge in [-0.3, -0.25) is 9.82 Å². The molecule has 1 atom stereocenters. The summed E-state index contributed by atoms with van der Waals surface area (Å²) in [7, 11) is -3.60. The van der Waals surface area contributed by atoms with Crippen LogP contribution in [0.15, 0.2) is 41.6 Å². The highest BCUT2D eigenvalue weighted by Gasteiger charge is 2.15. The highest BCUT2D eigenvalue weighted by Crippen LogP contribution is 2.18. The van der Waals surface area contributed by atoms with E-state index in [0.717, 1.165) is 5.56 Å². The third-order valence-electron chi connectivity index (χ3n) is 2.45. The van der Waals surface area contributed by atoms with Gasteiger partial charge in [-0.15, -0.1) is 0 Å². The van der Waals surface area contributed by atoms with Gasteiger partial charge in [0.15, 0.2) is 0 Å². The smallest absolute Gasteiger partial charge is 0.265 e. The van der Waals surface area contributed by atoms with Crippen molar-refractivity contribution >= 4 is 15.7 Å². The Labute approximate surface area is 105 Å². The molecule has 7 heteroatoms. The van der Waals surface area contributed by atoms with Crippen LogP contribution in [0.3, 0.4) is 0 Å². The molecule has 0 saturated carbocycles. The second-order valence-electron chi connectivity index (χ2n) is 3.95. The maximum absolute atomic E-state index is 11.9. The van der Waals surface area contributed by atoms with E-state index in [-0.39, 0.29) is 10.9 Å². The Hall–Kier alpha value is -1.86. The summed E-state index contributed by atoms with van der Waals surface area (Å²) in [6.45, 7) is 1.84. The molecule has 2 rings (SSSR count). The van der Waals surface area contributed by atoms with Crippen molar-refractivity contribution < 1.29 is 8.42 Å². The number of aromatic nitrogens is 2. The standard InChI is InChI=1S/C11H14N4O2S/c1-8(12)9-3-2-4-10(5-9)15-18(16,17)11-6-13-14-7-11/h2-8,15H,12H2,1H3,(H,13,14). The number of rotatable bonds is 4. The van der Waals surface area contributed by atoms with E-state index in [2.05, 4.69) is 14.9 Å². The fourth-order valence-electron chi connectivity index (χ4n) is 1.49. The summed E-state index contributed by atoms with van der Waals surface area (Å²) in [5.41, 5.74) is 7.09. The molecule has 1 unspecified atom stereocenters. The molecule has 0 amide bonds. The lowest BCUT2D eigenvalue weighted by Crippen LogP contribution is -2.13. The van der Waals surface area contributed by atoms with Gasteiger partial charge in [0, 0.05) is 17.9 Å². The zero-order valence-corrected chi connectivity index (χ0v) is 10.6. The molecule has 1 heterocycles. The van der Waals surface area contributed by atoms with Crippen molar-refractivity contribution in [3.05, 3.63) is 42.2 Å². The number of nitrogens with one attached hydrogen (secondary N) is 2. The fourth-order valence-corrected chi connectivity index (χ4v) is 2.44. The first kappa shape index (κ1) is 12.6. The number of hydrogen-bond donors (Lipinski definition) is 3. The number of anilines is 1. The molecule has 0 saturated heterocycles. The number of benzene rings is 1. The Balaban J connectivity index is 2.27. The van der Waals surface area contributed by atoms with Gasteiger partial charge in [-0.2, -0.15) is 5.10 Å². The van der Waals surface area contributed by atoms with E-state index in [1.54, 1.807) is 18.2 Å². The number of hydrogen-bond acceptors (Lipinski definition) is 4. The summed E-state index contributed by atoms with van der Waals surface area (Å²) < 4.78 is 26.4. The molecular weight excluding hydrogens is 252 g/mol. The first-order chi connectivity index (χ1) is 8.49. The normalized spacial score (nSPS) is 13.2. The molecule has 6 nitrogen and oxygen atoms in total. The number of aromatic amines is 1. The van der Waals surface area contributed by atoms with Gasteiger partial charge in [0.05, 0.1) is 6.20 Å². The van der Waals surface area contributed by atoms with Crippen molar-refractivity contribution in [3.8, 4) is 0 Å². The van der Waals surface area contributed by atoms with Crippen molar-refractivity contribution in [2.45, 2.75) is 17.9 Å². The third-order valence-corrected chi connectivity index (χ3v) is 3.80. The average molecular weight is 266 g/mol. The largest absolute Gasteiger partial charge is 0.324 e. The molecule has 4 N–H and O–H groups in total. The Morgan fingerprint density at radius 3 is 2.83 bits per heavy atom. The predicted molar refractivity (Wildman–Crippen MR) is 68.4 cm³/mol. The van der Waals surface area contributed by atoms with Crippen molar-refractivity contribution in [3.63, 3.8) is 0 Å². The van der Waals surface area contributed by atoms with E-state index in [0.29, 0.717) is 5.69 Å². The topological polar surface area (TPSA) is 101 Å². The summed E-state index contributed by atoms with van der Waals surface area (Å²) in [6, 6.07) is 6.83. The maximum Gasteiger partial charge on any atom is 0.265 e. The Bertz CT molecular complexity index is 620. The Morgan fingerprint density at radius 1 is 1.44 bits per heavy atom. The summed E-state index contributed by atoms with van der Waals surface area (Å²) in [5, 5.41) is 6.07. The van der Waals surface area contributed by atoms with Crippen LogP contribution in [0.4, 0.5) is 5.69 Å². The molecule has 2 aromatic rings. The zero-order chi connectivity index (χ0) is 13.2. The van der Waals surface area contributed by atoms with E-state index >= 15 is 0 Å². The van der Waals surface area contributed by atoms with Gasteiger partial charge in [0.2, 0.25) is 0 Å². The van der Waals surface area contributed by atoms with Crippen LogP contribution in [-0.4, -0.2) is 18.6 Å². The Kier molecular flexibility index (Phi) is 3.35. The average Bonchev–Trinajstić information content (AvgIpc) is 2.82. The molecule has 18 heavy (non-hydrogen) atoms. The summed E-state index contributed by atoms with van der Waals surface area (Å²) in [6.07, 6.45) is 2.56. The number of sulfonamides is 1. The monoisotopic (exact) mass is 266 g/mol.